The zero-order valence-corrected chi connectivity index (χ0v) is 15.5. The SMILES string of the molecule is O=C(c1ccc(F)cc1)N1CCN(C2c3ccccc3-c3ccccc32)CC1. The maximum atomic E-state index is 13.1. The molecule has 0 spiro atoms. The minimum atomic E-state index is -0.320. The average Bonchev–Trinajstić information content (AvgIpc) is 3.08. The maximum absolute atomic E-state index is 13.1. The average molecular weight is 372 g/mol. The Hall–Kier alpha value is -2.98. The van der Waals surface area contributed by atoms with Crippen LogP contribution in [0.5, 0.6) is 0 Å². The summed E-state index contributed by atoms with van der Waals surface area (Å²) in [6.07, 6.45) is 0. The highest BCUT2D eigenvalue weighted by atomic mass is 19.1. The van der Waals surface area contributed by atoms with Crippen molar-refractivity contribution < 1.29 is 9.18 Å². The van der Waals surface area contributed by atoms with Gasteiger partial charge in [-0.3, -0.25) is 9.69 Å². The van der Waals surface area contributed by atoms with Crippen molar-refractivity contribution in [2.45, 2.75) is 6.04 Å². The first-order chi connectivity index (χ1) is 13.7. The number of carbonyl (C=O) groups is 1. The number of halogens is 1. The number of hydrogen-bond donors (Lipinski definition) is 0. The van der Waals surface area contributed by atoms with E-state index >= 15 is 0 Å². The lowest BCUT2D eigenvalue weighted by Gasteiger charge is -2.38. The molecule has 0 unspecified atom stereocenters. The molecule has 1 amide bonds. The topological polar surface area (TPSA) is 23.6 Å². The van der Waals surface area contributed by atoms with Gasteiger partial charge in [0.1, 0.15) is 5.82 Å². The van der Waals surface area contributed by atoms with Crippen LogP contribution in [-0.2, 0) is 0 Å². The van der Waals surface area contributed by atoms with E-state index in [2.05, 4.69) is 53.4 Å². The van der Waals surface area contributed by atoms with E-state index < -0.39 is 0 Å². The van der Waals surface area contributed by atoms with E-state index in [1.54, 1.807) is 12.1 Å². The van der Waals surface area contributed by atoms with Crippen molar-refractivity contribution in [1.29, 1.82) is 0 Å². The molecule has 1 aliphatic carbocycles. The fourth-order valence-electron chi connectivity index (χ4n) is 4.48. The summed E-state index contributed by atoms with van der Waals surface area (Å²) < 4.78 is 13.1. The Labute approximate surface area is 164 Å². The molecule has 3 aromatic rings. The minimum Gasteiger partial charge on any atom is -0.336 e. The summed E-state index contributed by atoms with van der Waals surface area (Å²) in [6, 6.07) is 23.3. The summed E-state index contributed by atoms with van der Waals surface area (Å²) in [5, 5.41) is 0. The van der Waals surface area contributed by atoms with Crippen LogP contribution in [0.2, 0.25) is 0 Å². The number of fused-ring (bicyclic) bond motifs is 3. The Bertz CT molecular complexity index is 977. The van der Waals surface area contributed by atoms with Crippen molar-refractivity contribution in [3.63, 3.8) is 0 Å². The Morgan fingerprint density at radius 3 is 1.86 bits per heavy atom. The minimum absolute atomic E-state index is 0.0214. The quantitative estimate of drug-likeness (QED) is 0.668. The van der Waals surface area contributed by atoms with E-state index in [1.807, 2.05) is 4.90 Å². The molecule has 2 aliphatic rings. The third-order valence-corrected chi connectivity index (χ3v) is 5.86. The number of carbonyl (C=O) groups excluding carboxylic acids is 1. The van der Waals surface area contributed by atoms with Crippen LogP contribution in [0, 0.1) is 5.82 Å². The van der Waals surface area contributed by atoms with Crippen molar-refractivity contribution in [2.75, 3.05) is 26.2 Å². The zero-order valence-electron chi connectivity index (χ0n) is 15.5. The number of amides is 1. The highest BCUT2D eigenvalue weighted by molar-refractivity contribution is 5.94. The van der Waals surface area contributed by atoms with Crippen LogP contribution < -0.4 is 0 Å². The molecule has 0 bridgehead atoms. The van der Waals surface area contributed by atoms with Crippen molar-refractivity contribution in [3.8, 4) is 11.1 Å². The van der Waals surface area contributed by atoms with Crippen LogP contribution in [0.3, 0.4) is 0 Å². The van der Waals surface area contributed by atoms with Crippen molar-refractivity contribution >= 4 is 5.91 Å². The van der Waals surface area contributed by atoms with E-state index in [9.17, 15) is 9.18 Å². The molecule has 1 aliphatic heterocycles. The van der Waals surface area contributed by atoms with Crippen LogP contribution in [0.25, 0.3) is 11.1 Å². The number of piperazine rings is 1. The van der Waals surface area contributed by atoms with Crippen LogP contribution in [-0.4, -0.2) is 41.9 Å². The Morgan fingerprint density at radius 2 is 1.29 bits per heavy atom. The van der Waals surface area contributed by atoms with Gasteiger partial charge in [-0.2, -0.15) is 0 Å². The van der Waals surface area contributed by atoms with E-state index in [0.717, 1.165) is 13.1 Å². The largest absolute Gasteiger partial charge is 0.336 e. The molecule has 5 rings (SSSR count). The summed E-state index contributed by atoms with van der Waals surface area (Å²) in [7, 11) is 0. The van der Waals surface area contributed by atoms with Gasteiger partial charge in [-0.1, -0.05) is 48.5 Å². The van der Waals surface area contributed by atoms with E-state index in [4.69, 9.17) is 0 Å². The summed E-state index contributed by atoms with van der Waals surface area (Å²) in [5.41, 5.74) is 5.87. The van der Waals surface area contributed by atoms with Crippen LogP contribution in [0.15, 0.2) is 72.8 Å². The molecule has 0 aromatic heterocycles. The molecular formula is C24H21FN2O. The standard InChI is InChI=1S/C24H21FN2O/c25-18-11-9-17(10-12-18)24(28)27-15-13-26(14-16-27)23-21-7-3-1-5-19(21)20-6-2-4-8-22(20)23/h1-12,23H,13-16H2. The predicted molar refractivity (Wildman–Crippen MR) is 108 cm³/mol. The molecule has 0 radical (unpaired) electrons. The maximum Gasteiger partial charge on any atom is 0.253 e. The third-order valence-electron chi connectivity index (χ3n) is 5.86. The molecule has 0 saturated carbocycles. The summed E-state index contributed by atoms with van der Waals surface area (Å²) in [4.78, 5) is 17.1. The van der Waals surface area contributed by atoms with Gasteiger partial charge in [0.25, 0.3) is 5.91 Å². The van der Waals surface area contributed by atoms with E-state index in [0.29, 0.717) is 18.7 Å². The summed E-state index contributed by atoms with van der Waals surface area (Å²) in [6.45, 7) is 2.99. The van der Waals surface area contributed by atoms with Crippen molar-refractivity contribution in [3.05, 3.63) is 95.3 Å². The lowest BCUT2D eigenvalue weighted by atomic mass is 10.0. The van der Waals surface area contributed by atoms with Gasteiger partial charge in [0.15, 0.2) is 0 Å². The van der Waals surface area contributed by atoms with Crippen LogP contribution in [0.4, 0.5) is 4.39 Å². The molecule has 28 heavy (non-hydrogen) atoms. The van der Waals surface area contributed by atoms with Gasteiger partial charge in [-0.15, -0.1) is 0 Å². The van der Waals surface area contributed by atoms with Crippen LogP contribution >= 0.6 is 0 Å². The fourth-order valence-corrected chi connectivity index (χ4v) is 4.48. The number of rotatable bonds is 2. The highest BCUT2D eigenvalue weighted by Gasteiger charge is 2.34. The second kappa shape index (κ2) is 6.88. The number of benzene rings is 3. The molecule has 1 fully saturated rings. The summed E-state index contributed by atoms with van der Waals surface area (Å²) in [5.74, 6) is -0.341. The summed E-state index contributed by atoms with van der Waals surface area (Å²) >= 11 is 0. The first-order valence-electron chi connectivity index (χ1n) is 9.69. The van der Waals surface area contributed by atoms with Gasteiger partial charge in [0.2, 0.25) is 0 Å². The highest BCUT2D eigenvalue weighted by Crippen LogP contribution is 2.46. The van der Waals surface area contributed by atoms with Gasteiger partial charge in [-0.05, 0) is 46.5 Å². The third kappa shape index (κ3) is 2.81. The van der Waals surface area contributed by atoms with Gasteiger partial charge < -0.3 is 4.90 Å². The van der Waals surface area contributed by atoms with Crippen LogP contribution in [0.1, 0.15) is 27.5 Å². The lowest BCUT2D eigenvalue weighted by Crippen LogP contribution is -2.49. The predicted octanol–water partition coefficient (Wildman–Crippen LogP) is 4.35. The molecule has 0 atom stereocenters. The van der Waals surface area contributed by atoms with Crippen molar-refractivity contribution in [2.24, 2.45) is 0 Å². The van der Waals surface area contributed by atoms with Gasteiger partial charge in [0, 0.05) is 31.7 Å². The Balaban J connectivity index is 1.36. The first kappa shape index (κ1) is 17.1. The second-order valence-electron chi connectivity index (χ2n) is 7.41. The smallest absolute Gasteiger partial charge is 0.253 e. The molecular weight excluding hydrogens is 351 g/mol. The molecule has 3 nitrogen and oxygen atoms in total. The second-order valence-corrected chi connectivity index (χ2v) is 7.41. The first-order valence-corrected chi connectivity index (χ1v) is 9.69. The Morgan fingerprint density at radius 1 is 0.750 bits per heavy atom. The van der Waals surface area contributed by atoms with Gasteiger partial charge in [-0.25, -0.2) is 4.39 Å². The van der Waals surface area contributed by atoms with Gasteiger partial charge in [0.05, 0.1) is 6.04 Å². The molecule has 1 saturated heterocycles. The normalized spacial score (nSPS) is 16.7. The van der Waals surface area contributed by atoms with Crippen molar-refractivity contribution in [1.82, 2.24) is 9.80 Å². The monoisotopic (exact) mass is 372 g/mol. The lowest BCUT2D eigenvalue weighted by molar-refractivity contribution is 0.0600. The molecule has 1 heterocycles. The fraction of sp³-hybridized carbons (Fsp3) is 0.208. The number of nitrogens with zero attached hydrogens (tertiary/aromatic N) is 2. The molecule has 3 aromatic carbocycles. The molecule has 4 heteroatoms. The molecule has 140 valence electrons. The van der Waals surface area contributed by atoms with E-state index in [-0.39, 0.29) is 17.8 Å². The van der Waals surface area contributed by atoms with E-state index in [1.165, 1.54) is 34.4 Å². The molecule has 0 N–H and O–H groups in total. The Kier molecular flexibility index (Phi) is 4.21. The van der Waals surface area contributed by atoms with Gasteiger partial charge >= 0.3 is 0 Å². The zero-order chi connectivity index (χ0) is 19.1. The number of hydrogen-bond acceptors (Lipinski definition) is 2.